The zero-order valence-corrected chi connectivity index (χ0v) is 15.4. The van der Waals surface area contributed by atoms with Crippen LogP contribution in [-0.2, 0) is 11.8 Å². The third-order valence-corrected chi connectivity index (χ3v) is 5.03. The number of imidazole rings is 1. The second kappa shape index (κ2) is 7.38. The number of nitrogens with zero attached hydrogens (tertiary/aromatic N) is 3. The molecule has 0 amide bonds. The van der Waals surface area contributed by atoms with E-state index in [1.165, 1.54) is 0 Å². The molecule has 136 valence electrons. The van der Waals surface area contributed by atoms with Gasteiger partial charge in [-0.25, -0.2) is 4.98 Å². The number of carboxylic acid groups (broad SMARTS) is 1. The number of hydrogen-bond acceptors (Lipinski definition) is 3. The molecule has 0 spiro atoms. The Labute approximate surface area is 158 Å². The summed E-state index contributed by atoms with van der Waals surface area (Å²) < 4.78 is 2.10. The van der Waals surface area contributed by atoms with Gasteiger partial charge in [-0.15, -0.1) is 12.4 Å². The predicted molar refractivity (Wildman–Crippen MR) is 106 cm³/mol. The fourth-order valence-electron chi connectivity index (χ4n) is 3.66. The van der Waals surface area contributed by atoms with E-state index in [2.05, 4.69) is 33.7 Å². The van der Waals surface area contributed by atoms with Gasteiger partial charge < -0.3 is 14.6 Å². The molecule has 1 saturated heterocycles. The molecular weight excluding hydrogens is 350 g/mol. The highest BCUT2D eigenvalue weighted by molar-refractivity contribution is 5.85. The molecule has 1 aliphatic heterocycles. The van der Waals surface area contributed by atoms with E-state index >= 15 is 0 Å². The zero-order chi connectivity index (χ0) is 17.4. The molecular formula is C20H22ClN3O2. The first-order valence-corrected chi connectivity index (χ1v) is 8.63. The number of aryl methyl sites for hydroxylation is 1. The van der Waals surface area contributed by atoms with E-state index in [0.717, 1.165) is 47.5 Å². The Balaban J connectivity index is 0.00000196. The fourth-order valence-corrected chi connectivity index (χ4v) is 3.66. The van der Waals surface area contributed by atoms with Crippen LogP contribution < -0.4 is 4.90 Å². The maximum absolute atomic E-state index is 11.3. The van der Waals surface area contributed by atoms with Crippen molar-refractivity contribution in [3.05, 3.63) is 48.5 Å². The maximum Gasteiger partial charge on any atom is 0.308 e. The number of hydrogen-bond donors (Lipinski definition) is 1. The average Bonchev–Trinajstić information content (AvgIpc) is 2.99. The van der Waals surface area contributed by atoms with Crippen molar-refractivity contribution in [1.29, 1.82) is 0 Å². The Morgan fingerprint density at radius 2 is 2.00 bits per heavy atom. The standard InChI is InChI=1S/C20H21N3O2.ClH/c1-22-18-10-3-2-9-17(18)21-19(22)14-6-4-8-16(12-14)23-11-5-7-15(13-23)20(24)25;/h2-4,6,8-10,12,15H,5,7,11,13H2,1H3,(H,24,25);1H. The Bertz CT molecular complexity index is 938. The molecule has 6 heteroatoms. The van der Waals surface area contributed by atoms with Gasteiger partial charge in [-0.05, 0) is 37.1 Å². The van der Waals surface area contributed by atoms with Crippen molar-refractivity contribution < 1.29 is 9.90 Å². The summed E-state index contributed by atoms with van der Waals surface area (Å²) in [5.41, 5.74) is 4.20. The van der Waals surface area contributed by atoms with Crippen LogP contribution in [0.2, 0.25) is 0 Å². The molecule has 2 heterocycles. The molecule has 0 bridgehead atoms. The molecule has 2 aromatic carbocycles. The van der Waals surface area contributed by atoms with Crippen molar-refractivity contribution in [3.63, 3.8) is 0 Å². The van der Waals surface area contributed by atoms with Crippen LogP contribution in [0.3, 0.4) is 0 Å². The first-order valence-electron chi connectivity index (χ1n) is 8.63. The average molecular weight is 372 g/mol. The number of para-hydroxylation sites is 2. The SMILES string of the molecule is Cl.Cn1c(-c2cccc(N3CCCC(C(=O)O)C3)c2)nc2ccccc21. The number of carboxylic acids is 1. The number of aromatic nitrogens is 2. The summed E-state index contributed by atoms with van der Waals surface area (Å²) >= 11 is 0. The van der Waals surface area contributed by atoms with Crippen molar-refractivity contribution in [2.24, 2.45) is 13.0 Å². The number of aliphatic carboxylic acids is 1. The van der Waals surface area contributed by atoms with Crippen LogP contribution in [-0.4, -0.2) is 33.7 Å². The van der Waals surface area contributed by atoms with Gasteiger partial charge in [0.25, 0.3) is 0 Å². The zero-order valence-electron chi connectivity index (χ0n) is 14.6. The molecule has 1 fully saturated rings. The highest BCUT2D eigenvalue weighted by Gasteiger charge is 2.25. The number of fused-ring (bicyclic) bond motifs is 1. The van der Waals surface area contributed by atoms with Gasteiger partial charge in [0.05, 0.1) is 17.0 Å². The van der Waals surface area contributed by atoms with E-state index in [4.69, 9.17) is 4.98 Å². The summed E-state index contributed by atoms with van der Waals surface area (Å²) in [7, 11) is 2.03. The molecule has 1 aliphatic rings. The quantitative estimate of drug-likeness (QED) is 0.757. The van der Waals surface area contributed by atoms with Crippen molar-refractivity contribution in [1.82, 2.24) is 9.55 Å². The lowest BCUT2D eigenvalue weighted by atomic mass is 9.97. The Morgan fingerprint density at radius 1 is 1.19 bits per heavy atom. The molecule has 1 aromatic heterocycles. The largest absolute Gasteiger partial charge is 0.481 e. The monoisotopic (exact) mass is 371 g/mol. The normalized spacial score (nSPS) is 17.1. The number of carbonyl (C=O) groups is 1. The van der Waals surface area contributed by atoms with E-state index in [9.17, 15) is 9.90 Å². The van der Waals surface area contributed by atoms with Crippen LogP contribution in [0.5, 0.6) is 0 Å². The molecule has 26 heavy (non-hydrogen) atoms. The summed E-state index contributed by atoms with van der Waals surface area (Å²) in [6.07, 6.45) is 1.67. The lowest BCUT2D eigenvalue weighted by Crippen LogP contribution is -2.38. The number of halogens is 1. The Kier molecular flexibility index (Phi) is 5.18. The van der Waals surface area contributed by atoms with Crippen LogP contribution in [0.1, 0.15) is 12.8 Å². The summed E-state index contributed by atoms with van der Waals surface area (Å²) in [6, 6.07) is 16.3. The van der Waals surface area contributed by atoms with Crippen LogP contribution in [0, 0.1) is 5.92 Å². The molecule has 0 aliphatic carbocycles. The van der Waals surface area contributed by atoms with Gasteiger partial charge in [-0.2, -0.15) is 0 Å². The predicted octanol–water partition coefficient (Wildman–Crippen LogP) is 3.96. The fraction of sp³-hybridized carbons (Fsp3) is 0.300. The minimum Gasteiger partial charge on any atom is -0.481 e. The topological polar surface area (TPSA) is 58.4 Å². The second-order valence-electron chi connectivity index (χ2n) is 6.66. The maximum atomic E-state index is 11.3. The van der Waals surface area contributed by atoms with Crippen molar-refractivity contribution >= 4 is 35.1 Å². The molecule has 1 atom stereocenters. The molecule has 1 unspecified atom stereocenters. The van der Waals surface area contributed by atoms with E-state index in [0.29, 0.717) is 6.54 Å². The highest BCUT2D eigenvalue weighted by Crippen LogP contribution is 2.29. The highest BCUT2D eigenvalue weighted by atomic mass is 35.5. The number of anilines is 1. The number of benzene rings is 2. The third kappa shape index (κ3) is 3.27. The molecule has 1 N–H and O–H groups in total. The van der Waals surface area contributed by atoms with E-state index in [1.54, 1.807) is 0 Å². The second-order valence-corrected chi connectivity index (χ2v) is 6.66. The van der Waals surface area contributed by atoms with Gasteiger partial charge >= 0.3 is 5.97 Å². The van der Waals surface area contributed by atoms with Crippen molar-refractivity contribution in [3.8, 4) is 11.4 Å². The summed E-state index contributed by atoms with van der Waals surface area (Å²) in [5, 5.41) is 9.31. The lowest BCUT2D eigenvalue weighted by molar-refractivity contribution is -0.141. The van der Waals surface area contributed by atoms with Gasteiger partial charge in [0.2, 0.25) is 0 Å². The minimum atomic E-state index is -0.698. The first kappa shape index (κ1) is 18.3. The summed E-state index contributed by atoms with van der Waals surface area (Å²) in [5.74, 6) is -0.0563. The van der Waals surface area contributed by atoms with Gasteiger partial charge in [-0.1, -0.05) is 24.3 Å². The van der Waals surface area contributed by atoms with E-state index in [-0.39, 0.29) is 18.3 Å². The molecule has 0 saturated carbocycles. The number of piperidine rings is 1. The third-order valence-electron chi connectivity index (χ3n) is 5.03. The smallest absolute Gasteiger partial charge is 0.308 e. The number of rotatable bonds is 3. The van der Waals surface area contributed by atoms with Gasteiger partial charge in [0.1, 0.15) is 5.82 Å². The lowest BCUT2D eigenvalue weighted by Gasteiger charge is -2.32. The molecule has 0 radical (unpaired) electrons. The minimum absolute atomic E-state index is 0. The van der Waals surface area contributed by atoms with Crippen LogP contribution >= 0.6 is 12.4 Å². The van der Waals surface area contributed by atoms with E-state index < -0.39 is 5.97 Å². The Morgan fingerprint density at radius 3 is 2.77 bits per heavy atom. The van der Waals surface area contributed by atoms with Crippen LogP contribution in [0.15, 0.2) is 48.5 Å². The van der Waals surface area contributed by atoms with Crippen LogP contribution in [0.25, 0.3) is 22.4 Å². The summed E-state index contributed by atoms with van der Waals surface area (Å²) in [4.78, 5) is 18.3. The van der Waals surface area contributed by atoms with Gasteiger partial charge in [0, 0.05) is 31.4 Å². The Hall–Kier alpha value is -2.53. The molecule has 4 rings (SSSR count). The molecule has 5 nitrogen and oxygen atoms in total. The van der Waals surface area contributed by atoms with E-state index in [1.807, 2.05) is 31.3 Å². The molecule has 3 aromatic rings. The van der Waals surface area contributed by atoms with Crippen molar-refractivity contribution in [2.75, 3.05) is 18.0 Å². The van der Waals surface area contributed by atoms with Crippen LogP contribution in [0.4, 0.5) is 5.69 Å². The summed E-state index contributed by atoms with van der Waals surface area (Å²) in [6.45, 7) is 1.47. The van der Waals surface area contributed by atoms with Gasteiger partial charge in [0.15, 0.2) is 0 Å². The first-order chi connectivity index (χ1) is 12.1. The van der Waals surface area contributed by atoms with Gasteiger partial charge in [-0.3, -0.25) is 4.79 Å². The van der Waals surface area contributed by atoms with Crippen molar-refractivity contribution in [2.45, 2.75) is 12.8 Å².